The van der Waals surface area contributed by atoms with Crippen LogP contribution in [0.25, 0.3) is 0 Å². The van der Waals surface area contributed by atoms with Crippen LogP contribution in [0.1, 0.15) is 15.2 Å². The average Bonchev–Trinajstić information content (AvgIpc) is 2.99. The lowest BCUT2D eigenvalue weighted by Gasteiger charge is -2.06. The van der Waals surface area contributed by atoms with Gasteiger partial charge in [0.05, 0.1) is 6.54 Å². The largest absolute Gasteiger partial charge is 0.354 e. The Kier molecular flexibility index (Phi) is 5.32. The van der Waals surface area contributed by atoms with Crippen LogP contribution in [-0.2, 0) is 11.2 Å². The zero-order chi connectivity index (χ0) is 14.2. The predicted molar refractivity (Wildman–Crippen MR) is 79.8 cm³/mol. The molecule has 104 valence electrons. The van der Waals surface area contributed by atoms with E-state index in [1.54, 1.807) is 35.6 Å². The van der Waals surface area contributed by atoms with Gasteiger partial charge in [-0.05, 0) is 30.0 Å². The third-order valence-electron chi connectivity index (χ3n) is 2.72. The number of nitrogens with one attached hydrogen (secondary N) is 2. The SMILES string of the molecule is O=C(CNC(=O)c1ccccc1)NCCc1cccs1. The molecule has 2 N–H and O–H groups in total. The van der Waals surface area contributed by atoms with Crippen LogP contribution in [0, 0.1) is 0 Å². The van der Waals surface area contributed by atoms with E-state index in [0.29, 0.717) is 12.1 Å². The molecular formula is C15H16N2O2S. The number of amides is 2. The Labute approximate surface area is 121 Å². The van der Waals surface area contributed by atoms with Crippen molar-refractivity contribution in [2.24, 2.45) is 0 Å². The highest BCUT2D eigenvalue weighted by Crippen LogP contribution is 2.07. The molecule has 0 bridgehead atoms. The third kappa shape index (κ3) is 4.51. The molecule has 0 aliphatic rings. The van der Waals surface area contributed by atoms with Crippen LogP contribution in [0.4, 0.5) is 0 Å². The number of hydrogen-bond donors (Lipinski definition) is 2. The van der Waals surface area contributed by atoms with Crippen molar-refractivity contribution in [3.63, 3.8) is 0 Å². The molecule has 1 aromatic carbocycles. The molecule has 0 aliphatic carbocycles. The summed E-state index contributed by atoms with van der Waals surface area (Å²) in [5.41, 5.74) is 0.555. The molecule has 5 heteroatoms. The molecule has 0 fully saturated rings. The van der Waals surface area contributed by atoms with E-state index in [2.05, 4.69) is 10.6 Å². The minimum absolute atomic E-state index is 0.00182. The van der Waals surface area contributed by atoms with Crippen molar-refractivity contribution in [1.29, 1.82) is 0 Å². The van der Waals surface area contributed by atoms with Gasteiger partial charge in [0, 0.05) is 17.0 Å². The van der Waals surface area contributed by atoms with Crippen molar-refractivity contribution >= 4 is 23.2 Å². The Hall–Kier alpha value is -2.14. The fraction of sp³-hybridized carbons (Fsp3) is 0.200. The summed E-state index contributed by atoms with van der Waals surface area (Å²) >= 11 is 1.67. The molecule has 0 aliphatic heterocycles. The Morgan fingerprint density at radius 3 is 2.50 bits per heavy atom. The van der Waals surface area contributed by atoms with Gasteiger partial charge in [0.1, 0.15) is 0 Å². The van der Waals surface area contributed by atoms with Crippen LogP contribution >= 0.6 is 11.3 Å². The molecule has 4 nitrogen and oxygen atoms in total. The number of rotatable bonds is 6. The molecule has 0 radical (unpaired) electrons. The highest BCUT2D eigenvalue weighted by atomic mass is 32.1. The highest BCUT2D eigenvalue weighted by molar-refractivity contribution is 7.09. The maximum absolute atomic E-state index is 11.7. The minimum Gasteiger partial charge on any atom is -0.354 e. The Balaban J connectivity index is 1.66. The van der Waals surface area contributed by atoms with E-state index in [-0.39, 0.29) is 18.4 Å². The number of carbonyl (C=O) groups excluding carboxylic acids is 2. The molecule has 0 saturated carbocycles. The van der Waals surface area contributed by atoms with Crippen LogP contribution < -0.4 is 10.6 Å². The second-order valence-electron chi connectivity index (χ2n) is 4.23. The van der Waals surface area contributed by atoms with Crippen LogP contribution in [0.5, 0.6) is 0 Å². The summed E-state index contributed by atoms with van der Waals surface area (Å²) in [6, 6.07) is 12.9. The smallest absolute Gasteiger partial charge is 0.251 e. The number of carbonyl (C=O) groups is 2. The first-order chi connectivity index (χ1) is 9.75. The molecule has 1 aromatic heterocycles. The lowest BCUT2D eigenvalue weighted by molar-refractivity contribution is -0.120. The monoisotopic (exact) mass is 288 g/mol. The van der Waals surface area contributed by atoms with Gasteiger partial charge >= 0.3 is 0 Å². The zero-order valence-corrected chi connectivity index (χ0v) is 11.8. The number of thiophene rings is 1. The first kappa shape index (κ1) is 14.3. The molecule has 2 amide bonds. The molecular weight excluding hydrogens is 272 g/mol. The fourth-order valence-corrected chi connectivity index (χ4v) is 2.40. The number of benzene rings is 1. The lowest BCUT2D eigenvalue weighted by atomic mass is 10.2. The predicted octanol–water partition coefficient (Wildman–Crippen LogP) is 1.84. The summed E-state index contributed by atoms with van der Waals surface area (Å²) in [4.78, 5) is 24.5. The van der Waals surface area contributed by atoms with Gasteiger partial charge in [-0.2, -0.15) is 0 Å². The fourth-order valence-electron chi connectivity index (χ4n) is 1.69. The topological polar surface area (TPSA) is 58.2 Å². The number of hydrogen-bond acceptors (Lipinski definition) is 3. The minimum atomic E-state index is -0.237. The molecule has 1 heterocycles. The maximum Gasteiger partial charge on any atom is 0.251 e. The van der Waals surface area contributed by atoms with E-state index in [4.69, 9.17) is 0 Å². The standard InChI is InChI=1S/C15H16N2O2S/c18-14(16-9-8-13-7-4-10-20-13)11-17-15(19)12-5-2-1-3-6-12/h1-7,10H,8-9,11H2,(H,16,18)(H,17,19). The van der Waals surface area contributed by atoms with Gasteiger partial charge in [-0.3, -0.25) is 9.59 Å². The first-order valence-electron chi connectivity index (χ1n) is 6.38. The summed E-state index contributed by atoms with van der Waals surface area (Å²) in [5.74, 6) is -0.412. The van der Waals surface area contributed by atoms with Gasteiger partial charge in [-0.1, -0.05) is 24.3 Å². The van der Waals surface area contributed by atoms with Gasteiger partial charge in [-0.15, -0.1) is 11.3 Å². The molecule has 2 aromatic rings. The average molecular weight is 288 g/mol. The van der Waals surface area contributed by atoms with Gasteiger partial charge in [0.25, 0.3) is 5.91 Å². The summed E-state index contributed by atoms with van der Waals surface area (Å²) in [6.45, 7) is 0.582. The van der Waals surface area contributed by atoms with E-state index in [1.807, 2.05) is 23.6 Å². The van der Waals surface area contributed by atoms with Crippen molar-refractivity contribution in [2.75, 3.05) is 13.1 Å². The third-order valence-corrected chi connectivity index (χ3v) is 3.66. The summed E-state index contributed by atoms with van der Waals surface area (Å²) in [6.07, 6.45) is 0.816. The van der Waals surface area contributed by atoms with Gasteiger partial charge in [0.2, 0.25) is 5.91 Å². The molecule has 0 saturated heterocycles. The highest BCUT2D eigenvalue weighted by Gasteiger charge is 2.06. The maximum atomic E-state index is 11.7. The van der Waals surface area contributed by atoms with Gasteiger partial charge < -0.3 is 10.6 Å². The van der Waals surface area contributed by atoms with E-state index in [0.717, 1.165) is 6.42 Å². The molecule has 0 spiro atoms. The summed E-state index contributed by atoms with van der Waals surface area (Å²) in [5, 5.41) is 7.39. The van der Waals surface area contributed by atoms with Gasteiger partial charge in [-0.25, -0.2) is 0 Å². The lowest BCUT2D eigenvalue weighted by Crippen LogP contribution is -2.37. The molecule has 20 heavy (non-hydrogen) atoms. The van der Waals surface area contributed by atoms with Gasteiger partial charge in [0.15, 0.2) is 0 Å². The van der Waals surface area contributed by atoms with Crippen LogP contribution in [0.2, 0.25) is 0 Å². The second kappa shape index (κ2) is 7.45. The van der Waals surface area contributed by atoms with Crippen molar-refractivity contribution in [2.45, 2.75) is 6.42 Å². The summed E-state index contributed by atoms with van der Waals surface area (Å²) in [7, 11) is 0. The normalized spacial score (nSPS) is 10.0. The van der Waals surface area contributed by atoms with E-state index in [1.165, 1.54) is 4.88 Å². The zero-order valence-electron chi connectivity index (χ0n) is 11.0. The van der Waals surface area contributed by atoms with Crippen molar-refractivity contribution < 1.29 is 9.59 Å². The molecule has 0 atom stereocenters. The summed E-state index contributed by atoms with van der Waals surface area (Å²) < 4.78 is 0. The first-order valence-corrected chi connectivity index (χ1v) is 7.26. The van der Waals surface area contributed by atoms with E-state index in [9.17, 15) is 9.59 Å². The second-order valence-corrected chi connectivity index (χ2v) is 5.26. The Morgan fingerprint density at radius 2 is 1.80 bits per heavy atom. The van der Waals surface area contributed by atoms with Crippen molar-refractivity contribution in [1.82, 2.24) is 10.6 Å². The quantitative estimate of drug-likeness (QED) is 0.852. The Bertz CT molecular complexity index is 553. The Morgan fingerprint density at radius 1 is 1.00 bits per heavy atom. The van der Waals surface area contributed by atoms with E-state index < -0.39 is 0 Å². The van der Waals surface area contributed by atoms with E-state index >= 15 is 0 Å². The van der Waals surface area contributed by atoms with Crippen molar-refractivity contribution in [3.05, 3.63) is 58.3 Å². The van der Waals surface area contributed by atoms with Crippen molar-refractivity contribution in [3.8, 4) is 0 Å². The van der Waals surface area contributed by atoms with Crippen LogP contribution in [0.15, 0.2) is 47.8 Å². The molecule has 0 unspecified atom stereocenters. The van der Waals surface area contributed by atoms with Crippen LogP contribution in [0.3, 0.4) is 0 Å². The van der Waals surface area contributed by atoms with Crippen LogP contribution in [-0.4, -0.2) is 24.9 Å². The molecule has 2 rings (SSSR count).